The van der Waals surface area contributed by atoms with Crippen LogP contribution in [-0.4, -0.2) is 45.3 Å². The Morgan fingerprint density at radius 1 is 1.07 bits per heavy atom. The van der Waals surface area contributed by atoms with Crippen molar-refractivity contribution in [3.05, 3.63) is 64.0 Å². The van der Waals surface area contributed by atoms with Crippen LogP contribution in [0.3, 0.4) is 0 Å². The lowest BCUT2D eigenvalue weighted by molar-refractivity contribution is 0.102. The number of rotatable bonds is 7. The van der Waals surface area contributed by atoms with Crippen LogP contribution in [0.2, 0.25) is 10.0 Å². The zero-order valence-corrected chi connectivity index (χ0v) is 16.3. The molecule has 1 aromatic carbocycles. The number of nitrogens with zero attached hydrogens (tertiary/aromatic N) is 2. The number of nitrogens with one attached hydrogen (secondary N) is 3. The van der Waals surface area contributed by atoms with Crippen molar-refractivity contribution >= 4 is 46.4 Å². The Hall–Kier alpha value is -3.14. The molecule has 0 aliphatic carbocycles. The minimum Gasteiger partial charge on any atom is -0.475 e. The maximum Gasteiger partial charge on any atom is 0.275 e. The minimum atomic E-state index is -0.580. The fraction of sp³-hybridized carbons (Fsp3) is 0.111. The normalized spacial score (nSPS) is 10.4. The average Bonchev–Trinajstić information content (AvgIpc) is 3.15. The fourth-order valence-corrected chi connectivity index (χ4v) is 2.91. The number of ether oxygens (including phenoxy) is 1. The number of hydrogen-bond acceptors (Lipinski definition) is 6. The smallest absolute Gasteiger partial charge is 0.275 e. The van der Waals surface area contributed by atoms with E-state index >= 15 is 0 Å². The Kier molecular flexibility index (Phi) is 6.65. The van der Waals surface area contributed by atoms with Crippen LogP contribution in [0.5, 0.6) is 5.88 Å². The fourth-order valence-electron chi connectivity index (χ4n) is 2.34. The first-order chi connectivity index (χ1) is 14.0. The maximum atomic E-state index is 12.5. The molecule has 0 spiro atoms. The average molecular weight is 436 g/mol. The van der Waals surface area contributed by atoms with E-state index in [0.717, 1.165) is 0 Å². The van der Waals surface area contributed by atoms with Crippen LogP contribution < -0.4 is 15.4 Å². The van der Waals surface area contributed by atoms with Crippen LogP contribution in [0.4, 0.5) is 11.4 Å². The summed E-state index contributed by atoms with van der Waals surface area (Å²) in [5.41, 5.74) is 0.667. The van der Waals surface area contributed by atoms with Gasteiger partial charge in [-0.05, 0) is 18.2 Å². The largest absolute Gasteiger partial charge is 0.475 e. The Labute approximate surface area is 175 Å². The van der Waals surface area contributed by atoms with Gasteiger partial charge in [-0.1, -0.05) is 29.3 Å². The van der Waals surface area contributed by atoms with E-state index in [1.165, 1.54) is 24.5 Å². The molecule has 0 fully saturated rings. The van der Waals surface area contributed by atoms with Crippen LogP contribution in [0, 0.1) is 0 Å². The number of aliphatic hydroxyl groups is 1. The Morgan fingerprint density at radius 2 is 1.83 bits per heavy atom. The number of H-pyrrole nitrogens is 1. The Bertz CT molecular complexity index is 1000. The van der Waals surface area contributed by atoms with Crippen molar-refractivity contribution in [1.29, 1.82) is 0 Å². The molecule has 4 N–H and O–H groups in total. The number of benzene rings is 1. The molecule has 0 unspecified atom stereocenters. The lowest BCUT2D eigenvalue weighted by atomic mass is 10.2. The molecule has 3 rings (SSSR count). The molecule has 0 saturated heterocycles. The highest BCUT2D eigenvalue weighted by atomic mass is 35.5. The lowest BCUT2D eigenvalue weighted by Gasteiger charge is -2.09. The molecule has 9 nitrogen and oxygen atoms in total. The van der Waals surface area contributed by atoms with E-state index in [1.807, 2.05) is 0 Å². The number of carbonyl (C=O) groups excluding carboxylic acids is 2. The van der Waals surface area contributed by atoms with Crippen molar-refractivity contribution in [3.63, 3.8) is 0 Å². The zero-order valence-electron chi connectivity index (χ0n) is 14.8. The third-order valence-corrected chi connectivity index (χ3v) is 4.27. The van der Waals surface area contributed by atoms with Gasteiger partial charge in [0.25, 0.3) is 11.8 Å². The summed E-state index contributed by atoms with van der Waals surface area (Å²) in [5.74, 6) is -0.819. The third-order valence-electron chi connectivity index (χ3n) is 3.64. The minimum absolute atomic E-state index is 0.0298. The summed E-state index contributed by atoms with van der Waals surface area (Å²) >= 11 is 12.1. The number of carbonyl (C=O) groups is 2. The van der Waals surface area contributed by atoms with Gasteiger partial charge in [-0.25, -0.2) is 4.98 Å². The summed E-state index contributed by atoms with van der Waals surface area (Å²) in [4.78, 5) is 29.1. The first kappa shape index (κ1) is 20.6. The van der Waals surface area contributed by atoms with Gasteiger partial charge in [0.15, 0.2) is 0 Å². The number of aromatic amines is 1. The number of anilines is 2. The topological polar surface area (TPSA) is 129 Å². The number of pyridine rings is 1. The lowest BCUT2D eigenvalue weighted by Crippen LogP contribution is -2.18. The zero-order chi connectivity index (χ0) is 20.8. The van der Waals surface area contributed by atoms with Gasteiger partial charge in [0.05, 0.1) is 46.0 Å². The van der Waals surface area contributed by atoms with E-state index in [4.69, 9.17) is 33.0 Å². The third kappa shape index (κ3) is 5.02. The summed E-state index contributed by atoms with van der Waals surface area (Å²) in [6, 6.07) is 7.81. The van der Waals surface area contributed by atoms with Crippen molar-refractivity contribution in [2.45, 2.75) is 0 Å². The van der Waals surface area contributed by atoms with Gasteiger partial charge in [0.1, 0.15) is 12.3 Å². The van der Waals surface area contributed by atoms with Gasteiger partial charge in [-0.3, -0.25) is 14.7 Å². The second-order valence-electron chi connectivity index (χ2n) is 5.62. The molecule has 2 amide bonds. The van der Waals surface area contributed by atoms with Crippen LogP contribution in [-0.2, 0) is 0 Å². The molecular weight excluding hydrogens is 421 g/mol. The molecule has 29 heavy (non-hydrogen) atoms. The van der Waals surface area contributed by atoms with E-state index in [0.29, 0.717) is 11.6 Å². The first-order valence-electron chi connectivity index (χ1n) is 8.29. The SMILES string of the molecule is O=C(Nc1ccc(OCCO)nc1)c1[nH]ncc1NC(=O)c1c(Cl)cccc1Cl. The Morgan fingerprint density at radius 3 is 2.48 bits per heavy atom. The predicted molar refractivity (Wildman–Crippen MR) is 108 cm³/mol. The highest BCUT2D eigenvalue weighted by molar-refractivity contribution is 6.40. The standard InChI is InChI=1S/C18H15Cl2N5O4/c19-11-2-1-3-12(20)15(11)17(27)24-13-9-22-25-16(13)18(28)23-10-4-5-14(21-8-10)29-7-6-26/h1-5,8-9,26H,6-7H2,(H,22,25)(H,23,28)(H,24,27). The van der Waals surface area contributed by atoms with Gasteiger partial charge in [0, 0.05) is 6.07 Å². The summed E-state index contributed by atoms with van der Waals surface area (Å²) in [5, 5.41) is 20.6. The van der Waals surface area contributed by atoms with Crippen molar-refractivity contribution in [1.82, 2.24) is 15.2 Å². The number of halogens is 2. The molecule has 0 aliphatic heterocycles. The second-order valence-corrected chi connectivity index (χ2v) is 6.44. The monoisotopic (exact) mass is 435 g/mol. The van der Waals surface area contributed by atoms with Gasteiger partial charge >= 0.3 is 0 Å². The molecule has 2 heterocycles. The van der Waals surface area contributed by atoms with E-state index in [-0.39, 0.29) is 40.2 Å². The highest BCUT2D eigenvalue weighted by Crippen LogP contribution is 2.26. The first-order valence-corrected chi connectivity index (χ1v) is 9.05. The molecule has 150 valence electrons. The molecule has 3 aromatic rings. The molecule has 0 bridgehead atoms. The molecule has 2 aromatic heterocycles. The number of amides is 2. The van der Waals surface area contributed by atoms with Crippen molar-refractivity contribution in [2.75, 3.05) is 23.8 Å². The summed E-state index contributed by atoms with van der Waals surface area (Å²) in [6.07, 6.45) is 2.68. The van der Waals surface area contributed by atoms with Crippen molar-refractivity contribution < 1.29 is 19.4 Å². The van der Waals surface area contributed by atoms with Crippen LogP contribution >= 0.6 is 23.2 Å². The van der Waals surface area contributed by atoms with Gasteiger partial charge in [0.2, 0.25) is 5.88 Å². The van der Waals surface area contributed by atoms with Gasteiger partial charge in [-0.2, -0.15) is 5.10 Å². The van der Waals surface area contributed by atoms with Crippen LogP contribution in [0.15, 0.2) is 42.7 Å². The highest BCUT2D eigenvalue weighted by Gasteiger charge is 2.20. The van der Waals surface area contributed by atoms with Crippen LogP contribution in [0.25, 0.3) is 0 Å². The summed E-state index contributed by atoms with van der Waals surface area (Å²) < 4.78 is 5.15. The number of aliphatic hydroxyl groups excluding tert-OH is 1. The maximum absolute atomic E-state index is 12.5. The van der Waals surface area contributed by atoms with Crippen LogP contribution in [0.1, 0.15) is 20.8 Å². The summed E-state index contributed by atoms with van der Waals surface area (Å²) in [7, 11) is 0. The molecule has 11 heteroatoms. The molecule has 0 aliphatic rings. The molecule has 0 atom stereocenters. The molecular formula is C18H15Cl2N5O4. The number of aromatic nitrogens is 3. The quantitative estimate of drug-likeness (QED) is 0.451. The van der Waals surface area contributed by atoms with E-state index < -0.39 is 11.8 Å². The van der Waals surface area contributed by atoms with E-state index in [1.54, 1.807) is 18.2 Å². The van der Waals surface area contributed by atoms with E-state index in [2.05, 4.69) is 25.8 Å². The number of hydrogen-bond donors (Lipinski definition) is 4. The van der Waals surface area contributed by atoms with Gasteiger partial charge < -0.3 is 20.5 Å². The molecule has 0 radical (unpaired) electrons. The second kappa shape index (κ2) is 9.37. The van der Waals surface area contributed by atoms with E-state index in [9.17, 15) is 9.59 Å². The van der Waals surface area contributed by atoms with Crippen molar-refractivity contribution in [2.24, 2.45) is 0 Å². The van der Waals surface area contributed by atoms with Crippen molar-refractivity contribution in [3.8, 4) is 5.88 Å². The predicted octanol–water partition coefficient (Wildman–Crippen LogP) is 2.99. The summed E-state index contributed by atoms with van der Waals surface area (Å²) in [6.45, 7) is -0.0146. The van der Waals surface area contributed by atoms with Gasteiger partial charge in [-0.15, -0.1) is 0 Å². The molecule has 0 saturated carbocycles. The Balaban J connectivity index is 1.71.